The number of halogens is 1. The van der Waals surface area contributed by atoms with Gasteiger partial charge in [-0.1, -0.05) is 0 Å². The van der Waals surface area contributed by atoms with Crippen molar-refractivity contribution in [2.45, 2.75) is 12.8 Å². The summed E-state index contributed by atoms with van der Waals surface area (Å²) in [6.07, 6.45) is 4.08. The van der Waals surface area contributed by atoms with Crippen molar-refractivity contribution in [2.24, 2.45) is 20.9 Å². The molecule has 0 spiro atoms. The summed E-state index contributed by atoms with van der Waals surface area (Å²) in [5.41, 5.74) is 0. The minimum absolute atomic E-state index is 0.307. The van der Waals surface area contributed by atoms with Crippen LogP contribution in [0.25, 0.3) is 0 Å². The van der Waals surface area contributed by atoms with Gasteiger partial charge < -0.3 is 0 Å². The average Bonchev–Trinajstić information content (AvgIpc) is 2.04. The van der Waals surface area contributed by atoms with E-state index in [2.05, 4.69) is 15.0 Å². The fraction of sp³-hybridized carbons (Fsp3) is 0.571. The van der Waals surface area contributed by atoms with Crippen molar-refractivity contribution in [1.82, 2.24) is 0 Å². The molecule has 2 heterocycles. The largest absolute Gasteiger partial charge is 0.270 e. The van der Waals surface area contributed by atoms with Crippen molar-refractivity contribution in [3.63, 3.8) is 0 Å². The van der Waals surface area contributed by atoms with Crippen molar-refractivity contribution in [2.75, 3.05) is 6.54 Å². The van der Waals surface area contributed by atoms with Gasteiger partial charge in [0.25, 0.3) is 0 Å². The van der Waals surface area contributed by atoms with Crippen LogP contribution in [0.1, 0.15) is 12.8 Å². The third-order valence-electron chi connectivity index (χ3n) is 1.85. The molecule has 0 aromatic carbocycles. The maximum absolute atomic E-state index is 5.61. The van der Waals surface area contributed by atoms with E-state index in [1.165, 1.54) is 0 Å². The van der Waals surface area contributed by atoms with Gasteiger partial charge in [0.2, 0.25) is 5.29 Å². The molecule has 0 amide bonds. The summed E-state index contributed by atoms with van der Waals surface area (Å²) in [7, 11) is 0. The first-order chi connectivity index (χ1) is 5.36. The fourth-order valence-corrected chi connectivity index (χ4v) is 1.43. The van der Waals surface area contributed by atoms with E-state index < -0.39 is 0 Å². The van der Waals surface area contributed by atoms with E-state index in [9.17, 15) is 0 Å². The molecule has 2 aliphatic rings. The quantitative estimate of drug-likeness (QED) is 0.493. The number of nitrogens with zero attached hydrogens (tertiary/aromatic N) is 3. The number of amidine groups is 2. The Morgan fingerprint density at radius 2 is 2.45 bits per heavy atom. The molecule has 1 atom stereocenters. The van der Waals surface area contributed by atoms with E-state index in [0.29, 0.717) is 11.2 Å². The molecule has 0 saturated carbocycles. The molecule has 0 aromatic heterocycles. The Labute approximate surface area is 69.9 Å². The molecule has 58 valence electrons. The molecule has 2 rings (SSSR count). The minimum Gasteiger partial charge on any atom is -0.270 e. The van der Waals surface area contributed by atoms with E-state index in [1.807, 2.05) is 6.21 Å². The van der Waals surface area contributed by atoms with Crippen molar-refractivity contribution in [3.05, 3.63) is 0 Å². The molecule has 1 unspecified atom stereocenters. The highest BCUT2D eigenvalue weighted by atomic mass is 35.5. The molecule has 0 aromatic rings. The van der Waals surface area contributed by atoms with Gasteiger partial charge in [-0.2, -0.15) is 0 Å². The van der Waals surface area contributed by atoms with Gasteiger partial charge in [-0.25, -0.2) is 9.98 Å². The van der Waals surface area contributed by atoms with Crippen LogP contribution < -0.4 is 0 Å². The van der Waals surface area contributed by atoms with Crippen LogP contribution >= 0.6 is 11.6 Å². The fourth-order valence-electron chi connectivity index (χ4n) is 1.29. The normalized spacial score (nSPS) is 29.0. The van der Waals surface area contributed by atoms with E-state index in [1.54, 1.807) is 0 Å². The first-order valence-corrected chi connectivity index (χ1v) is 4.07. The molecule has 0 aliphatic carbocycles. The second kappa shape index (κ2) is 2.74. The van der Waals surface area contributed by atoms with Gasteiger partial charge in [0.05, 0.1) is 5.92 Å². The second-order valence-electron chi connectivity index (χ2n) is 2.65. The topological polar surface area (TPSA) is 37.1 Å². The maximum atomic E-state index is 5.61. The van der Waals surface area contributed by atoms with Gasteiger partial charge >= 0.3 is 0 Å². The molecule has 0 saturated heterocycles. The SMILES string of the molecule is ClC1=NC2=NCCCC2C=N1. The zero-order valence-electron chi connectivity index (χ0n) is 6.00. The zero-order valence-corrected chi connectivity index (χ0v) is 6.75. The van der Waals surface area contributed by atoms with Gasteiger partial charge in [-0.3, -0.25) is 4.99 Å². The van der Waals surface area contributed by atoms with Gasteiger partial charge in [0, 0.05) is 12.8 Å². The summed E-state index contributed by atoms with van der Waals surface area (Å²) in [5, 5.41) is 0.307. The summed E-state index contributed by atoms with van der Waals surface area (Å²) < 4.78 is 0. The highest BCUT2D eigenvalue weighted by Gasteiger charge is 2.20. The highest BCUT2D eigenvalue weighted by Crippen LogP contribution is 2.17. The Morgan fingerprint density at radius 3 is 3.36 bits per heavy atom. The summed E-state index contributed by atoms with van der Waals surface area (Å²) in [6, 6.07) is 0. The smallest absolute Gasteiger partial charge is 0.223 e. The predicted molar refractivity (Wildman–Crippen MR) is 46.8 cm³/mol. The lowest BCUT2D eigenvalue weighted by atomic mass is 10.0. The van der Waals surface area contributed by atoms with Gasteiger partial charge in [-0.05, 0) is 24.4 Å². The summed E-state index contributed by atoms with van der Waals surface area (Å²) in [4.78, 5) is 12.2. The van der Waals surface area contributed by atoms with E-state index in [0.717, 1.165) is 25.2 Å². The molecule has 11 heavy (non-hydrogen) atoms. The standard InChI is InChI=1S/C7H8ClN3/c8-7-10-4-5-2-1-3-9-6(5)11-7/h4-5H,1-3H2. The first-order valence-electron chi connectivity index (χ1n) is 3.69. The van der Waals surface area contributed by atoms with Crippen LogP contribution in [0, 0.1) is 5.92 Å². The molecule has 0 fully saturated rings. The monoisotopic (exact) mass is 169 g/mol. The first kappa shape index (κ1) is 6.98. The second-order valence-corrected chi connectivity index (χ2v) is 2.99. The molecule has 2 aliphatic heterocycles. The number of hydrogen-bond acceptors (Lipinski definition) is 3. The van der Waals surface area contributed by atoms with Gasteiger partial charge in [0.15, 0.2) is 0 Å². The third-order valence-corrected chi connectivity index (χ3v) is 2.03. The number of fused-ring (bicyclic) bond motifs is 1. The molecule has 3 nitrogen and oxygen atoms in total. The molecule has 0 bridgehead atoms. The summed E-state index contributed by atoms with van der Waals surface area (Å²) >= 11 is 5.61. The Bertz CT molecular complexity index is 254. The molecule has 0 radical (unpaired) electrons. The van der Waals surface area contributed by atoms with Crippen molar-refractivity contribution in [1.29, 1.82) is 0 Å². The van der Waals surface area contributed by atoms with Crippen LogP contribution in [0.15, 0.2) is 15.0 Å². The minimum atomic E-state index is 0.307. The molecular weight excluding hydrogens is 162 g/mol. The van der Waals surface area contributed by atoms with E-state index in [-0.39, 0.29) is 0 Å². The van der Waals surface area contributed by atoms with Crippen molar-refractivity contribution < 1.29 is 0 Å². The van der Waals surface area contributed by atoms with Crippen LogP contribution in [-0.2, 0) is 0 Å². The molecule has 0 N–H and O–H groups in total. The molecule has 4 heteroatoms. The average molecular weight is 170 g/mol. The van der Waals surface area contributed by atoms with E-state index in [4.69, 9.17) is 11.6 Å². The Balaban J connectivity index is 2.29. The third kappa shape index (κ3) is 1.33. The van der Waals surface area contributed by atoms with Crippen molar-refractivity contribution >= 4 is 28.9 Å². The molecular formula is C7H8ClN3. The lowest BCUT2D eigenvalue weighted by Crippen LogP contribution is -2.23. The lowest BCUT2D eigenvalue weighted by Gasteiger charge is -2.18. The van der Waals surface area contributed by atoms with Crippen LogP contribution in [-0.4, -0.2) is 23.9 Å². The zero-order chi connectivity index (χ0) is 7.68. The Hall–Kier alpha value is -0.700. The number of rotatable bonds is 0. The Kier molecular flexibility index (Phi) is 1.74. The van der Waals surface area contributed by atoms with Gasteiger partial charge in [0.1, 0.15) is 5.84 Å². The highest BCUT2D eigenvalue weighted by molar-refractivity contribution is 6.66. The van der Waals surface area contributed by atoms with Crippen LogP contribution in [0.4, 0.5) is 0 Å². The van der Waals surface area contributed by atoms with Crippen molar-refractivity contribution in [3.8, 4) is 0 Å². The van der Waals surface area contributed by atoms with Crippen LogP contribution in [0.5, 0.6) is 0 Å². The summed E-state index contributed by atoms with van der Waals surface area (Å²) in [5.74, 6) is 1.18. The predicted octanol–water partition coefficient (Wildman–Crippen LogP) is 1.47. The summed E-state index contributed by atoms with van der Waals surface area (Å²) in [6.45, 7) is 0.882. The Morgan fingerprint density at radius 1 is 1.55 bits per heavy atom. The number of aliphatic imine (C=N–C) groups is 3. The van der Waals surface area contributed by atoms with E-state index >= 15 is 0 Å². The van der Waals surface area contributed by atoms with Crippen LogP contribution in [0.2, 0.25) is 0 Å². The number of hydrogen-bond donors (Lipinski definition) is 0. The maximum Gasteiger partial charge on any atom is 0.223 e. The van der Waals surface area contributed by atoms with Gasteiger partial charge in [-0.15, -0.1) is 0 Å². The van der Waals surface area contributed by atoms with Crippen LogP contribution in [0.3, 0.4) is 0 Å². The lowest BCUT2D eigenvalue weighted by molar-refractivity contribution is 0.674.